The summed E-state index contributed by atoms with van der Waals surface area (Å²) in [5.41, 5.74) is -0.740. The summed E-state index contributed by atoms with van der Waals surface area (Å²) in [4.78, 5) is 24.0. The third kappa shape index (κ3) is 6.00. The highest BCUT2D eigenvalue weighted by atomic mass is 16.5. The van der Waals surface area contributed by atoms with Crippen LogP contribution in [0.2, 0.25) is 0 Å². The molecule has 5 nitrogen and oxygen atoms in total. The maximum atomic E-state index is 11.4. The van der Waals surface area contributed by atoms with Crippen molar-refractivity contribution in [3.05, 3.63) is 12.2 Å². The SMILES string of the molecule is C#CCC(C)(C)OCCC(C)(C)OCCN1C(=O)C=CC1=O. The van der Waals surface area contributed by atoms with Crippen LogP contribution in [-0.2, 0) is 19.1 Å². The van der Waals surface area contributed by atoms with Crippen LogP contribution in [-0.4, -0.2) is 47.7 Å². The number of amides is 2. The van der Waals surface area contributed by atoms with E-state index in [9.17, 15) is 9.59 Å². The van der Waals surface area contributed by atoms with Crippen molar-refractivity contribution in [2.24, 2.45) is 0 Å². The second-order valence-corrected chi connectivity index (χ2v) is 6.51. The lowest BCUT2D eigenvalue weighted by atomic mass is 10.0. The number of carbonyl (C=O) groups is 2. The number of hydrogen-bond donors (Lipinski definition) is 0. The number of nitrogens with zero attached hydrogens (tertiary/aromatic N) is 1. The van der Waals surface area contributed by atoms with Gasteiger partial charge in [0.25, 0.3) is 11.8 Å². The maximum Gasteiger partial charge on any atom is 0.253 e. The van der Waals surface area contributed by atoms with Gasteiger partial charge in [-0.25, -0.2) is 0 Å². The van der Waals surface area contributed by atoms with Gasteiger partial charge in [-0.1, -0.05) is 0 Å². The molecule has 0 fully saturated rings. The first-order valence-corrected chi connectivity index (χ1v) is 7.42. The highest BCUT2D eigenvalue weighted by molar-refractivity contribution is 6.12. The summed E-state index contributed by atoms with van der Waals surface area (Å²) < 4.78 is 11.5. The Morgan fingerprint density at radius 3 is 2.14 bits per heavy atom. The topological polar surface area (TPSA) is 55.8 Å². The average Bonchev–Trinajstić information content (AvgIpc) is 2.69. The summed E-state index contributed by atoms with van der Waals surface area (Å²) in [5, 5.41) is 0. The maximum absolute atomic E-state index is 11.4. The molecule has 0 spiro atoms. The molecule has 0 aromatic heterocycles. The molecule has 1 aliphatic rings. The summed E-state index contributed by atoms with van der Waals surface area (Å²) >= 11 is 0. The van der Waals surface area contributed by atoms with Gasteiger partial charge >= 0.3 is 0 Å². The molecule has 0 N–H and O–H groups in total. The van der Waals surface area contributed by atoms with Gasteiger partial charge < -0.3 is 9.47 Å². The summed E-state index contributed by atoms with van der Waals surface area (Å²) in [6.07, 6.45) is 9.10. The van der Waals surface area contributed by atoms with Crippen LogP contribution in [0.1, 0.15) is 40.5 Å². The van der Waals surface area contributed by atoms with Gasteiger partial charge in [-0.3, -0.25) is 14.5 Å². The van der Waals surface area contributed by atoms with Crippen LogP contribution in [0, 0.1) is 12.3 Å². The first-order chi connectivity index (χ1) is 10.2. The molecule has 0 aromatic carbocycles. The Morgan fingerprint density at radius 1 is 1.05 bits per heavy atom. The summed E-state index contributed by atoms with van der Waals surface area (Å²) in [7, 11) is 0. The number of carbonyl (C=O) groups excluding carboxylic acids is 2. The minimum Gasteiger partial charge on any atom is -0.374 e. The predicted molar refractivity (Wildman–Crippen MR) is 84.0 cm³/mol. The molecule has 22 heavy (non-hydrogen) atoms. The lowest BCUT2D eigenvalue weighted by molar-refractivity contribution is -0.139. The molecule has 1 aliphatic heterocycles. The van der Waals surface area contributed by atoms with Gasteiger partial charge in [0, 0.05) is 18.6 Å². The predicted octanol–water partition coefficient (Wildman–Crippen LogP) is 1.92. The average molecular weight is 307 g/mol. The lowest BCUT2D eigenvalue weighted by Gasteiger charge is -2.29. The van der Waals surface area contributed by atoms with Gasteiger partial charge in [0.15, 0.2) is 0 Å². The highest BCUT2D eigenvalue weighted by Crippen LogP contribution is 2.19. The van der Waals surface area contributed by atoms with Crippen LogP contribution in [0.25, 0.3) is 0 Å². The quantitative estimate of drug-likeness (QED) is 0.482. The molecule has 0 aliphatic carbocycles. The van der Waals surface area contributed by atoms with E-state index in [2.05, 4.69) is 5.92 Å². The van der Waals surface area contributed by atoms with Crippen molar-refractivity contribution in [2.75, 3.05) is 19.8 Å². The van der Waals surface area contributed by atoms with Crippen molar-refractivity contribution in [1.82, 2.24) is 4.90 Å². The first kappa shape index (κ1) is 18.4. The van der Waals surface area contributed by atoms with E-state index < -0.39 is 5.60 Å². The third-order valence-electron chi connectivity index (χ3n) is 3.43. The van der Waals surface area contributed by atoms with E-state index in [1.165, 1.54) is 17.1 Å². The summed E-state index contributed by atoms with van der Waals surface area (Å²) in [5.74, 6) is 2.03. The Labute approximate surface area is 132 Å². The van der Waals surface area contributed by atoms with E-state index in [0.717, 1.165) is 0 Å². The molecule has 0 atom stereocenters. The molecule has 122 valence electrons. The Balaban J connectivity index is 2.28. The molecule has 0 radical (unpaired) electrons. The molecule has 0 bridgehead atoms. The molecule has 2 amide bonds. The monoisotopic (exact) mass is 307 g/mol. The second kappa shape index (κ2) is 7.57. The minimum atomic E-state index is -0.397. The summed E-state index contributed by atoms with van der Waals surface area (Å²) in [6.45, 7) is 8.92. The third-order valence-corrected chi connectivity index (χ3v) is 3.43. The standard InChI is InChI=1S/C17H25NO4/c1-6-9-16(2,3)21-12-10-17(4,5)22-13-11-18-14(19)7-8-15(18)20/h1,7-8H,9-13H2,2-5H3. The minimum absolute atomic E-state index is 0.261. The van der Waals surface area contributed by atoms with Crippen LogP contribution in [0.4, 0.5) is 0 Å². The largest absolute Gasteiger partial charge is 0.374 e. The molecule has 1 heterocycles. The fourth-order valence-corrected chi connectivity index (χ4v) is 2.01. The van der Waals surface area contributed by atoms with Crippen molar-refractivity contribution < 1.29 is 19.1 Å². The molecule has 0 saturated carbocycles. The molecular formula is C17H25NO4. The van der Waals surface area contributed by atoms with E-state index in [1.807, 2.05) is 27.7 Å². The van der Waals surface area contributed by atoms with E-state index in [4.69, 9.17) is 15.9 Å². The summed E-state index contributed by atoms with van der Waals surface area (Å²) in [6, 6.07) is 0. The zero-order valence-corrected chi connectivity index (χ0v) is 13.8. The van der Waals surface area contributed by atoms with Crippen molar-refractivity contribution in [3.63, 3.8) is 0 Å². The smallest absolute Gasteiger partial charge is 0.253 e. The van der Waals surface area contributed by atoms with Crippen molar-refractivity contribution in [2.45, 2.75) is 51.7 Å². The highest BCUT2D eigenvalue weighted by Gasteiger charge is 2.25. The zero-order valence-electron chi connectivity index (χ0n) is 13.8. The van der Waals surface area contributed by atoms with E-state index >= 15 is 0 Å². The Kier molecular flexibility index (Phi) is 6.34. The number of imide groups is 1. The fraction of sp³-hybridized carbons (Fsp3) is 0.647. The first-order valence-electron chi connectivity index (χ1n) is 7.42. The molecule has 5 heteroatoms. The van der Waals surface area contributed by atoms with Crippen LogP contribution < -0.4 is 0 Å². The zero-order chi connectivity index (χ0) is 16.8. The number of rotatable bonds is 9. The molecule has 1 rings (SSSR count). The Morgan fingerprint density at radius 2 is 1.59 bits per heavy atom. The van der Waals surface area contributed by atoms with E-state index in [1.54, 1.807) is 0 Å². The van der Waals surface area contributed by atoms with Crippen LogP contribution in [0.5, 0.6) is 0 Å². The fourth-order valence-electron chi connectivity index (χ4n) is 2.01. The Hall–Kier alpha value is -1.64. The van der Waals surface area contributed by atoms with Crippen LogP contribution in [0.15, 0.2) is 12.2 Å². The number of terminal acetylenes is 1. The van der Waals surface area contributed by atoms with Crippen molar-refractivity contribution >= 4 is 11.8 Å². The number of ether oxygens (including phenoxy) is 2. The van der Waals surface area contributed by atoms with E-state index in [-0.39, 0.29) is 24.0 Å². The van der Waals surface area contributed by atoms with Gasteiger partial charge in [0.2, 0.25) is 0 Å². The van der Waals surface area contributed by atoms with Gasteiger partial charge in [-0.15, -0.1) is 12.3 Å². The van der Waals surface area contributed by atoms with Gasteiger partial charge in [0.1, 0.15) is 0 Å². The van der Waals surface area contributed by atoms with Gasteiger partial charge in [-0.2, -0.15) is 0 Å². The molecule has 0 unspecified atom stereocenters. The van der Waals surface area contributed by atoms with Crippen molar-refractivity contribution in [3.8, 4) is 12.3 Å². The Bertz CT molecular complexity index is 467. The van der Waals surface area contributed by atoms with Crippen LogP contribution in [0.3, 0.4) is 0 Å². The van der Waals surface area contributed by atoms with Crippen LogP contribution >= 0.6 is 0 Å². The van der Waals surface area contributed by atoms with Gasteiger partial charge in [0.05, 0.1) is 31.0 Å². The van der Waals surface area contributed by atoms with Gasteiger partial charge in [-0.05, 0) is 34.1 Å². The second-order valence-electron chi connectivity index (χ2n) is 6.51. The van der Waals surface area contributed by atoms with E-state index in [0.29, 0.717) is 26.1 Å². The molecular weight excluding hydrogens is 282 g/mol. The molecule has 0 saturated heterocycles. The normalized spacial score (nSPS) is 15.5. The van der Waals surface area contributed by atoms with Crippen molar-refractivity contribution in [1.29, 1.82) is 0 Å². The lowest BCUT2D eigenvalue weighted by Crippen LogP contribution is -2.36. The molecule has 0 aromatic rings. The number of hydrogen-bond acceptors (Lipinski definition) is 4.